The number of piperidine rings is 1. The summed E-state index contributed by atoms with van der Waals surface area (Å²) in [5.41, 5.74) is 0.0988. The molecule has 0 amide bonds. The molecule has 1 aromatic rings. The van der Waals surface area contributed by atoms with Crippen LogP contribution in [0.3, 0.4) is 0 Å². The minimum Gasteiger partial charge on any atom is -0.385 e. The Balaban J connectivity index is 1.52. The molecule has 3 aliphatic carbocycles. The molecule has 140 valence electrons. The van der Waals surface area contributed by atoms with Crippen LogP contribution in [0.4, 0.5) is 8.78 Å². The van der Waals surface area contributed by atoms with Gasteiger partial charge in [0.2, 0.25) is 0 Å². The second kappa shape index (κ2) is 6.12. The largest absolute Gasteiger partial charge is 0.385 e. The van der Waals surface area contributed by atoms with Gasteiger partial charge in [-0.3, -0.25) is 4.90 Å². The molecule has 2 heterocycles. The third-order valence-electron chi connectivity index (χ3n) is 6.57. The molecule has 0 spiro atoms. The zero-order chi connectivity index (χ0) is 18.0. The minimum atomic E-state index is -2.48. The van der Waals surface area contributed by atoms with Crippen LogP contribution >= 0.6 is 22.6 Å². The van der Waals surface area contributed by atoms with Gasteiger partial charge in [-0.1, -0.05) is 13.8 Å². The van der Waals surface area contributed by atoms with Crippen molar-refractivity contribution in [2.45, 2.75) is 69.6 Å². The summed E-state index contributed by atoms with van der Waals surface area (Å²) in [6, 6.07) is 0.335. The number of likely N-dealkylation sites (tertiary alicyclic amines) is 1. The first-order valence-electron chi connectivity index (χ1n) is 9.26. The van der Waals surface area contributed by atoms with E-state index in [4.69, 9.17) is 0 Å². The number of aliphatic hydroxyl groups is 1. The predicted octanol–water partition coefficient (Wildman–Crippen LogP) is 4.00. The van der Waals surface area contributed by atoms with E-state index < -0.39 is 12.0 Å². The van der Waals surface area contributed by atoms with Gasteiger partial charge in [-0.15, -0.1) is 0 Å². The standard InChI is InChI=1S/C18H26F2IN3O/c1-11(2)15(25)16-22-14(21)10-24(16)13-9-17(7-12(13)8-17)23-5-3-18(19,20)4-6-23/h10-13,15,25H,3-9H2,1-2H3. The van der Waals surface area contributed by atoms with Crippen LogP contribution in [-0.4, -0.2) is 44.1 Å². The number of hydrogen-bond acceptors (Lipinski definition) is 3. The molecule has 1 saturated heterocycles. The van der Waals surface area contributed by atoms with Crippen molar-refractivity contribution in [3.63, 3.8) is 0 Å². The molecule has 2 unspecified atom stereocenters. The minimum absolute atomic E-state index is 0.00955. The lowest BCUT2D eigenvalue weighted by atomic mass is 9.74. The highest BCUT2D eigenvalue weighted by atomic mass is 127. The molecule has 4 nitrogen and oxygen atoms in total. The molecule has 5 rings (SSSR count). The first-order chi connectivity index (χ1) is 11.7. The summed E-state index contributed by atoms with van der Waals surface area (Å²) >= 11 is 2.20. The van der Waals surface area contributed by atoms with E-state index >= 15 is 0 Å². The molecule has 1 aliphatic heterocycles. The Morgan fingerprint density at radius 2 is 1.88 bits per heavy atom. The van der Waals surface area contributed by atoms with Crippen LogP contribution in [0, 0.1) is 15.5 Å². The molecule has 7 heteroatoms. The third kappa shape index (κ3) is 3.04. The van der Waals surface area contributed by atoms with Gasteiger partial charge in [0.05, 0.1) is 0 Å². The van der Waals surface area contributed by atoms with Crippen LogP contribution < -0.4 is 0 Å². The first kappa shape index (κ1) is 18.1. The molecule has 1 N–H and O–H groups in total. The van der Waals surface area contributed by atoms with Crippen molar-refractivity contribution in [2.24, 2.45) is 11.8 Å². The Morgan fingerprint density at radius 1 is 1.24 bits per heavy atom. The third-order valence-corrected chi connectivity index (χ3v) is 7.09. The normalized spacial score (nSPS) is 35.8. The molecule has 2 bridgehead atoms. The molecule has 1 aromatic heterocycles. The van der Waals surface area contributed by atoms with E-state index in [1.807, 2.05) is 20.0 Å². The van der Waals surface area contributed by atoms with E-state index in [-0.39, 0.29) is 24.3 Å². The first-order valence-corrected chi connectivity index (χ1v) is 10.3. The lowest BCUT2D eigenvalue weighted by Gasteiger charge is -2.50. The van der Waals surface area contributed by atoms with Crippen molar-refractivity contribution >= 4 is 22.6 Å². The molecule has 2 atom stereocenters. The van der Waals surface area contributed by atoms with E-state index in [1.165, 1.54) is 0 Å². The molecule has 0 aromatic carbocycles. The van der Waals surface area contributed by atoms with Crippen molar-refractivity contribution < 1.29 is 13.9 Å². The van der Waals surface area contributed by atoms with Gasteiger partial charge in [-0.05, 0) is 53.7 Å². The number of rotatable bonds is 4. The number of hydrogen-bond donors (Lipinski definition) is 1. The molecular formula is C18H26F2IN3O. The summed E-state index contributed by atoms with van der Waals surface area (Å²) in [7, 11) is 0. The highest BCUT2D eigenvalue weighted by Crippen LogP contribution is 2.61. The Morgan fingerprint density at radius 3 is 2.48 bits per heavy atom. The summed E-state index contributed by atoms with van der Waals surface area (Å²) < 4.78 is 30.1. The van der Waals surface area contributed by atoms with Crippen LogP contribution in [0.15, 0.2) is 6.20 Å². The van der Waals surface area contributed by atoms with E-state index in [9.17, 15) is 13.9 Å². The van der Waals surface area contributed by atoms with Crippen molar-refractivity contribution in [1.82, 2.24) is 14.5 Å². The smallest absolute Gasteiger partial charge is 0.250 e. The number of aromatic nitrogens is 2. The van der Waals surface area contributed by atoms with Gasteiger partial charge in [0, 0.05) is 43.7 Å². The number of alkyl halides is 2. The predicted molar refractivity (Wildman–Crippen MR) is 99.6 cm³/mol. The van der Waals surface area contributed by atoms with E-state index in [1.54, 1.807) is 0 Å². The van der Waals surface area contributed by atoms with Crippen LogP contribution in [0.5, 0.6) is 0 Å². The van der Waals surface area contributed by atoms with Gasteiger partial charge < -0.3 is 9.67 Å². The summed E-state index contributed by atoms with van der Waals surface area (Å²) in [5, 5.41) is 10.5. The van der Waals surface area contributed by atoms with Crippen LogP contribution in [0.25, 0.3) is 0 Å². The van der Waals surface area contributed by atoms with Gasteiger partial charge in [-0.25, -0.2) is 13.8 Å². The summed E-state index contributed by atoms with van der Waals surface area (Å²) in [6.07, 6.45) is 4.64. The molecule has 4 aliphatic rings. The molecular weight excluding hydrogens is 439 g/mol. The van der Waals surface area contributed by atoms with Gasteiger partial charge in [0.15, 0.2) is 0 Å². The number of nitrogens with zero attached hydrogens (tertiary/aromatic N) is 3. The Kier molecular flexibility index (Phi) is 4.43. The fraction of sp³-hybridized carbons (Fsp3) is 0.833. The fourth-order valence-corrected chi connectivity index (χ4v) is 5.64. The van der Waals surface area contributed by atoms with Crippen molar-refractivity contribution in [2.75, 3.05) is 13.1 Å². The van der Waals surface area contributed by atoms with Crippen LogP contribution in [0.1, 0.15) is 63.9 Å². The van der Waals surface area contributed by atoms with Gasteiger partial charge in [0.25, 0.3) is 5.92 Å². The van der Waals surface area contributed by atoms with Crippen LogP contribution in [-0.2, 0) is 0 Å². The quantitative estimate of drug-likeness (QED) is 0.684. The lowest BCUT2D eigenvalue weighted by molar-refractivity contribution is -0.0912. The SMILES string of the molecule is CC(C)C(O)c1nc(I)cn1C1CC2(N3CCC(F)(F)CC3)CC1C2. The maximum Gasteiger partial charge on any atom is 0.250 e. The van der Waals surface area contributed by atoms with Crippen molar-refractivity contribution in [1.29, 1.82) is 0 Å². The molecule has 3 saturated carbocycles. The van der Waals surface area contributed by atoms with Gasteiger partial charge >= 0.3 is 0 Å². The van der Waals surface area contributed by atoms with Crippen LogP contribution in [0.2, 0.25) is 0 Å². The fourth-order valence-electron chi connectivity index (χ4n) is 5.09. The Labute approximate surface area is 161 Å². The maximum atomic E-state index is 13.5. The highest BCUT2D eigenvalue weighted by molar-refractivity contribution is 14.1. The molecule has 25 heavy (non-hydrogen) atoms. The van der Waals surface area contributed by atoms with Gasteiger partial charge in [0.1, 0.15) is 15.6 Å². The molecule has 0 radical (unpaired) electrons. The lowest BCUT2D eigenvalue weighted by Crippen LogP contribution is -2.56. The Hall–Kier alpha value is -0.280. The number of imidazole rings is 1. The average molecular weight is 465 g/mol. The maximum absolute atomic E-state index is 13.5. The Bertz CT molecular complexity index is 647. The number of aliphatic hydroxyl groups excluding tert-OH is 1. The van der Waals surface area contributed by atoms with E-state index in [0.717, 1.165) is 28.8 Å². The summed E-state index contributed by atoms with van der Waals surface area (Å²) in [6.45, 7) is 5.02. The summed E-state index contributed by atoms with van der Waals surface area (Å²) in [4.78, 5) is 6.89. The zero-order valence-electron chi connectivity index (χ0n) is 14.8. The topological polar surface area (TPSA) is 41.3 Å². The van der Waals surface area contributed by atoms with E-state index in [0.29, 0.717) is 25.0 Å². The second-order valence-electron chi connectivity index (χ2n) is 8.53. The van der Waals surface area contributed by atoms with Crippen molar-refractivity contribution in [3.8, 4) is 0 Å². The average Bonchev–Trinajstić information content (AvgIpc) is 3.16. The number of halogens is 3. The van der Waals surface area contributed by atoms with Gasteiger partial charge in [-0.2, -0.15) is 0 Å². The monoisotopic (exact) mass is 465 g/mol. The van der Waals surface area contributed by atoms with E-state index in [2.05, 4.69) is 37.0 Å². The summed E-state index contributed by atoms with van der Waals surface area (Å²) in [5.74, 6) is -1.03. The molecule has 4 fully saturated rings. The zero-order valence-corrected chi connectivity index (χ0v) is 16.9. The highest BCUT2D eigenvalue weighted by Gasteiger charge is 2.60. The number of fused-ring (bicyclic) bond motifs is 1. The second-order valence-corrected chi connectivity index (χ2v) is 9.63. The van der Waals surface area contributed by atoms with Crippen molar-refractivity contribution in [3.05, 3.63) is 15.7 Å².